The zero-order chi connectivity index (χ0) is 9.54. The molecule has 1 aliphatic rings. The van der Waals surface area contributed by atoms with Crippen LogP contribution in [0.5, 0.6) is 5.75 Å². The molecule has 0 spiro atoms. The molecule has 0 fully saturated rings. The van der Waals surface area contributed by atoms with E-state index in [-0.39, 0.29) is 5.75 Å². The minimum absolute atomic E-state index is 0.281. The van der Waals surface area contributed by atoms with E-state index in [1.165, 1.54) is 23.8 Å². The molecule has 0 unspecified atom stereocenters. The lowest BCUT2D eigenvalue weighted by Crippen LogP contribution is -1.98. The second-order valence-electron chi connectivity index (χ2n) is 3.89. The summed E-state index contributed by atoms with van der Waals surface area (Å²) in [5.74, 6) is 1.40. The fraction of sp³-hybridized carbons (Fsp3) is 0.333. The largest absolute Gasteiger partial charge is 0.508 e. The molecule has 2 nitrogen and oxygen atoms in total. The van der Waals surface area contributed by atoms with Gasteiger partial charge >= 0.3 is 0 Å². The summed E-state index contributed by atoms with van der Waals surface area (Å²) in [6.07, 6.45) is 4.64. The Labute approximate surface area is 82.2 Å². The first-order valence-corrected chi connectivity index (χ1v) is 5.08. The number of aryl methyl sites for hydroxylation is 2. The molecule has 72 valence electrons. The number of aromatic hydroxyl groups is 1. The fourth-order valence-electron chi connectivity index (χ4n) is 2.25. The van der Waals surface area contributed by atoms with E-state index in [9.17, 15) is 5.11 Å². The molecular formula is C12H12O2. The Kier molecular flexibility index (Phi) is 1.57. The smallest absolute Gasteiger partial charge is 0.138 e. The molecule has 0 amide bonds. The Hall–Kier alpha value is -1.44. The van der Waals surface area contributed by atoms with Gasteiger partial charge < -0.3 is 9.52 Å². The Morgan fingerprint density at radius 2 is 2.00 bits per heavy atom. The van der Waals surface area contributed by atoms with Crippen LogP contribution in [0.15, 0.2) is 22.6 Å². The highest BCUT2D eigenvalue weighted by molar-refractivity contribution is 5.83. The van der Waals surface area contributed by atoms with Crippen molar-refractivity contribution in [2.24, 2.45) is 0 Å². The molecule has 0 saturated heterocycles. The molecule has 14 heavy (non-hydrogen) atoms. The maximum atomic E-state index is 9.33. The molecule has 2 aromatic rings. The number of phenolic OH excluding ortho intramolecular Hbond substituents is 1. The third kappa shape index (κ3) is 1.03. The predicted molar refractivity (Wildman–Crippen MR) is 54.5 cm³/mol. The highest BCUT2D eigenvalue weighted by Crippen LogP contribution is 2.33. The van der Waals surface area contributed by atoms with Crippen LogP contribution in [0.3, 0.4) is 0 Å². The molecule has 1 aliphatic carbocycles. The monoisotopic (exact) mass is 188 g/mol. The normalized spacial score (nSPS) is 15.7. The van der Waals surface area contributed by atoms with Gasteiger partial charge in [-0.15, -0.1) is 0 Å². The van der Waals surface area contributed by atoms with Crippen LogP contribution in [-0.2, 0) is 12.8 Å². The van der Waals surface area contributed by atoms with Gasteiger partial charge in [0.05, 0.1) is 0 Å². The SMILES string of the molecule is Oc1ccc2c3c(oc2c1)CCCC3. The fourth-order valence-corrected chi connectivity index (χ4v) is 2.25. The van der Waals surface area contributed by atoms with E-state index in [1.807, 2.05) is 6.07 Å². The summed E-state index contributed by atoms with van der Waals surface area (Å²) >= 11 is 0. The average molecular weight is 188 g/mol. The van der Waals surface area contributed by atoms with Crippen molar-refractivity contribution in [2.45, 2.75) is 25.7 Å². The van der Waals surface area contributed by atoms with Crippen LogP contribution in [0, 0.1) is 0 Å². The van der Waals surface area contributed by atoms with Crippen molar-refractivity contribution in [3.8, 4) is 5.75 Å². The van der Waals surface area contributed by atoms with Crippen molar-refractivity contribution in [3.63, 3.8) is 0 Å². The highest BCUT2D eigenvalue weighted by Gasteiger charge is 2.17. The molecular weight excluding hydrogens is 176 g/mol. The first kappa shape index (κ1) is 7.92. The van der Waals surface area contributed by atoms with Crippen LogP contribution in [0.1, 0.15) is 24.2 Å². The maximum absolute atomic E-state index is 9.33. The summed E-state index contributed by atoms with van der Waals surface area (Å²) in [7, 11) is 0. The minimum Gasteiger partial charge on any atom is -0.508 e. The van der Waals surface area contributed by atoms with Crippen molar-refractivity contribution < 1.29 is 9.52 Å². The first-order valence-electron chi connectivity index (χ1n) is 5.08. The lowest BCUT2D eigenvalue weighted by molar-refractivity contribution is 0.472. The third-order valence-corrected chi connectivity index (χ3v) is 2.94. The van der Waals surface area contributed by atoms with Gasteiger partial charge in [-0.1, -0.05) is 0 Å². The molecule has 1 heterocycles. The van der Waals surface area contributed by atoms with Crippen molar-refractivity contribution >= 4 is 11.0 Å². The average Bonchev–Trinajstić information content (AvgIpc) is 2.54. The van der Waals surface area contributed by atoms with Gasteiger partial charge in [0.2, 0.25) is 0 Å². The lowest BCUT2D eigenvalue weighted by Gasteiger charge is -2.08. The van der Waals surface area contributed by atoms with Crippen molar-refractivity contribution in [1.82, 2.24) is 0 Å². The van der Waals surface area contributed by atoms with Gasteiger partial charge in [-0.25, -0.2) is 0 Å². The van der Waals surface area contributed by atoms with Gasteiger partial charge in [0.1, 0.15) is 17.1 Å². The van der Waals surface area contributed by atoms with E-state index in [2.05, 4.69) is 0 Å². The number of fused-ring (bicyclic) bond motifs is 3. The molecule has 0 saturated carbocycles. The summed E-state index contributed by atoms with van der Waals surface area (Å²) in [5.41, 5.74) is 2.18. The second-order valence-corrected chi connectivity index (χ2v) is 3.89. The van der Waals surface area contributed by atoms with E-state index in [1.54, 1.807) is 12.1 Å². The number of hydrogen-bond acceptors (Lipinski definition) is 2. The third-order valence-electron chi connectivity index (χ3n) is 2.94. The molecule has 0 atom stereocenters. The Bertz CT molecular complexity index is 482. The van der Waals surface area contributed by atoms with E-state index in [4.69, 9.17) is 4.42 Å². The van der Waals surface area contributed by atoms with Crippen LogP contribution < -0.4 is 0 Å². The summed E-state index contributed by atoms with van der Waals surface area (Å²) in [6, 6.07) is 5.39. The van der Waals surface area contributed by atoms with Gasteiger partial charge in [-0.05, 0) is 31.4 Å². The zero-order valence-corrected chi connectivity index (χ0v) is 7.92. The van der Waals surface area contributed by atoms with Crippen molar-refractivity contribution in [1.29, 1.82) is 0 Å². The summed E-state index contributed by atoms with van der Waals surface area (Å²) in [4.78, 5) is 0. The van der Waals surface area contributed by atoms with Crippen molar-refractivity contribution in [2.75, 3.05) is 0 Å². The number of benzene rings is 1. The van der Waals surface area contributed by atoms with Gasteiger partial charge in [-0.3, -0.25) is 0 Å². The van der Waals surface area contributed by atoms with Crippen LogP contribution in [0.4, 0.5) is 0 Å². The topological polar surface area (TPSA) is 33.4 Å². The maximum Gasteiger partial charge on any atom is 0.138 e. The van der Waals surface area contributed by atoms with Crippen LogP contribution in [0.2, 0.25) is 0 Å². The molecule has 1 aromatic heterocycles. The Morgan fingerprint density at radius 1 is 1.14 bits per heavy atom. The summed E-state index contributed by atoms with van der Waals surface area (Å²) < 4.78 is 5.71. The van der Waals surface area contributed by atoms with E-state index >= 15 is 0 Å². The standard InChI is InChI=1S/C12H12O2/c13-8-5-6-10-9-3-1-2-4-11(9)14-12(10)7-8/h5-7,13H,1-4H2. The van der Waals surface area contributed by atoms with Crippen LogP contribution in [-0.4, -0.2) is 5.11 Å². The van der Waals surface area contributed by atoms with E-state index < -0.39 is 0 Å². The van der Waals surface area contributed by atoms with Crippen LogP contribution in [0.25, 0.3) is 11.0 Å². The van der Waals surface area contributed by atoms with Gasteiger partial charge in [0.15, 0.2) is 0 Å². The molecule has 1 aromatic carbocycles. The van der Waals surface area contributed by atoms with Gasteiger partial charge in [-0.2, -0.15) is 0 Å². The van der Waals surface area contributed by atoms with E-state index in [0.29, 0.717) is 0 Å². The van der Waals surface area contributed by atoms with Gasteiger partial charge in [0.25, 0.3) is 0 Å². The predicted octanol–water partition coefficient (Wildman–Crippen LogP) is 3.02. The minimum atomic E-state index is 0.281. The summed E-state index contributed by atoms with van der Waals surface area (Å²) in [6.45, 7) is 0. The number of rotatable bonds is 0. The summed E-state index contributed by atoms with van der Waals surface area (Å²) in [5, 5.41) is 10.5. The second kappa shape index (κ2) is 2.77. The zero-order valence-electron chi connectivity index (χ0n) is 7.92. The molecule has 0 bridgehead atoms. The molecule has 0 radical (unpaired) electrons. The quantitative estimate of drug-likeness (QED) is 0.689. The Morgan fingerprint density at radius 3 is 2.93 bits per heavy atom. The lowest BCUT2D eigenvalue weighted by atomic mass is 9.96. The number of furan rings is 1. The number of hydrogen-bond donors (Lipinski definition) is 1. The molecule has 3 rings (SSSR count). The number of phenols is 1. The highest BCUT2D eigenvalue weighted by atomic mass is 16.3. The molecule has 0 aliphatic heterocycles. The Balaban J connectivity index is 2.31. The molecule has 2 heteroatoms. The molecule has 1 N–H and O–H groups in total. The van der Waals surface area contributed by atoms with E-state index in [0.717, 1.165) is 24.2 Å². The first-order chi connectivity index (χ1) is 6.84. The van der Waals surface area contributed by atoms with Crippen LogP contribution >= 0.6 is 0 Å². The van der Waals surface area contributed by atoms with Crippen molar-refractivity contribution in [3.05, 3.63) is 29.5 Å². The van der Waals surface area contributed by atoms with Gasteiger partial charge in [0, 0.05) is 23.4 Å².